The molecule has 1 amide bonds. The lowest BCUT2D eigenvalue weighted by molar-refractivity contribution is -0.117. The van der Waals surface area contributed by atoms with Crippen LogP contribution in [0.4, 0.5) is 5.69 Å². The van der Waals surface area contributed by atoms with E-state index in [4.69, 9.17) is 10.4 Å². The van der Waals surface area contributed by atoms with Crippen LogP contribution in [0.15, 0.2) is 22.7 Å². The Balaban J connectivity index is 2.34. The highest BCUT2D eigenvalue weighted by Crippen LogP contribution is 2.31. The van der Waals surface area contributed by atoms with Crippen LogP contribution in [0, 0.1) is 11.3 Å². The zero-order valence-electron chi connectivity index (χ0n) is 9.71. The quantitative estimate of drug-likeness (QED) is 0.853. The van der Waals surface area contributed by atoms with Crippen LogP contribution in [-0.2, 0) is 14.8 Å². The smallest absolute Gasteiger partial charge is 0.228 e. The largest absolute Gasteiger partial charge is 0.310 e. The first-order valence-corrected chi connectivity index (χ1v) is 7.75. The third-order valence-electron chi connectivity index (χ3n) is 2.92. The van der Waals surface area contributed by atoms with Gasteiger partial charge in [-0.25, -0.2) is 13.6 Å². The number of rotatable bonds is 2. The minimum absolute atomic E-state index is 0.0299. The van der Waals surface area contributed by atoms with Crippen molar-refractivity contribution in [3.63, 3.8) is 0 Å². The van der Waals surface area contributed by atoms with Crippen LogP contribution < -0.4 is 10.0 Å². The number of carbonyl (C=O) groups excluding carboxylic acids is 1. The standard InChI is InChI=1S/C11H10BrN3O3S/c12-9-3-7(5-13)1-2-10(9)15-6-8(4-11(15)16)19(14,17)18/h1-3,8H,4,6H2,(H2,14,17,18). The first-order valence-electron chi connectivity index (χ1n) is 5.34. The molecule has 100 valence electrons. The Labute approximate surface area is 119 Å². The van der Waals surface area contributed by atoms with Crippen molar-refractivity contribution in [1.82, 2.24) is 0 Å². The van der Waals surface area contributed by atoms with Gasteiger partial charge in [0, 0.05) is 17.4 Å². The monoisotopic (exact) mass is 343 g/mol. The predicted molar refractivity (Wildman–Crippen MR) is 72.7 cm³/mol. The van der Waals surface area contributed by atoms with Crippen LogP contribution in [0.2, 0.25) is 0 Å². The Hall–Kier alpha value is -1.43. The summed E-state index contributed by atoms with van der Waals surface area (Å²) in [5, 5.41) is 13.0. The van der Waals surface area contributed by atoms with Crippen LogP contribution in [0.25, 0.3) is 0 Å². The van der Waals surface area contributed by atoms with Crippen molar-refractivity contribution in [3.8, 4) is 6.07 Å². The lowest BCUT2D eigenvalue weighted by Gasteiger charge is -2.18. The third kappa shape index (κ3) is 2.78. The topological polar surface area (TPSA) is 104 Å². The molecule has 1 aromatic rings. The molecule has 1 unspecified atom stereocenters. The molecule has 2 rings (SSSR count). The molecule has 1 saturated heterocycles. The maximum absolute atomic E-state index is 11.9. The Kier molecular flexibility index (Phi) is 3.62. The molecule has 8 heteroatoms. The summed E-state index contributed by atoms with van der Waals surface area (Å²) in [5.41, 5.74) is 0.986. The van der Waals surface area contributed by atoms with Gasteiger partial charge in [-0.3, -0.25) is 4.79 Å². The molecule has 0 saturated carbocycles. The number of benzene rings is 1. The van der Waals surface area contributed by atoms with Gasteiger partial charge < -0.3 is 4.90 Å². The third-order valence-corrected chi connectivity index (χ3v) is 4.80. The van der Waals surface area contributed by atoms with Crippen LogP contribution >= 0.6 is 15.9 Å². The van der Waals surface area contributed by atoms with Gasteiger partial charge in [-0.05, 0) is 34.1 Å². The van der Waals surface area contributed by atoms with Gasteiger partial charge in [-0.2, -0.15) is 5.26 Å². The molecule has 0 aliphatic carbocycles. The number of primary sulfonamides is 1. The number of carbonyl (C=O) groups is 1. The molecule has 1 fully saturated rings. The number of anilines is 1. The maximum Gasteiger partial charge on any atom is 0.228 e. The van der Waals surface area contributed by atoms with E-state index in [9.17, 15) is 13.2 Å². The van der Waals surface area contributed by atoms with Crippen molar-refractivity contribution in [2.75, 3.05) is 11.4 Å². The summed E-state index contributed by atoms with van der Waals surface area (Å²) in [6.07, 6.45) is -0.120. The predicted octanol–water partition coefficient (Wildman–Crippen LogP) is 0.715. The van der Waals surface area contributed by atoms with Crippen molar-refractivity contribution in [2.45, 2.75) is 11.7 Å². The van der Waals surface area contributed by atoms with Crippen molar-refractivity contribution in [2.24, 2.45) is 5.14 Å². The van der Waals surface area contributed by atoms with Gasteiger partial charge in [0.2, 0.25) is 15.9 Å². The lowest BCUT2D eigenvalue weighted by atomic mass is 10.2. The fraction of sp³-hybridized carbons (Fsp3) is 0.273. The summed E-state index contributed by atoms with van der Waals surface area (Å²) in [6, 6.07) is 6.73. The minimum Gasteiger partial charge on any atom is -0.310 e. The van der Waals surface area contributed by atoms with Crippen LogP contribution in [-0.4, -0.2) is 26.1 Å². The summed E-state index contributed by atoms with van der Waals surface area (Å²) in [7, 11) is -3.73. The number of hydrogen-bond donors (Lipinski definition) is 1. The highest BCUT2D eigenvalue weighted by molar-refractivity contribution is 9.10. The van der Waals surface area contributed by atoms with E-state index in [-0.39, 0.29) is 18.9 Å². The second-order valence-electron chi connectivity index (χ2n) is 4.20. The zero-order chi connectivity index (χ0) is 14.2. The van der Waals surface area contributed by atoms with E-state index in [2.05, 4.69) is 15.9 Å². The molecule has 0 spiro atoms. The van der Waals surface area contributed by atoms with Crippen molar-refractivity contribution in [3.05, 3.63) is 28.2 Å². The number of amides is 1. The molecule has 1 aromatic carbocycles. The Morgan fingerprint density at radius 1 is 1.47 bits per heavy atom. The van der Waals surface area contributed by atoms with Gasteiger partial charge in [-0.15, -0.1) is 0 Å². The SMILES string of the molecule is N#Cc1ccc(N2CC(S(N)(=O)=O)CC2=O)c(Br)c1. The number of sulfonamides is 1. The summed E-state index contributed by atoms with van der Waals surface area (Å²) in [5.74, 6) is -0.301. The first-order chi connectivity index (χ1) is 8.82. The zero-order valence-corrected chi connectivity index (χ0v) is 12.1. The van der Waals surface area contributed by atoms with E-state index in [0.29, 0.717) is 15.7 Å². The van der Waals surface area contributed by atoms with Gasteiger partial charge in [0.15, 0.2) is 0 Å². The molecule has 19 heavy (non-hydrogen) atoms. The second-order valence-corrected chi connectivity index (χ2v) is 6.90. The van der Waals surface area contributed by atoms with Gasteiger partial charge in [0.05, 0.1) is 17.3 Å². The van der Waals surface area contributed by atoms with Gasteiger partial charge in [-0.1, -0.05) is 0 Å². The fourth-order valence-electron chi connectivity index (χ4n) is 1.92. The Morgan fingerprint density at radius 3 is 2.63 bits per heavy atom. The molecule has 1 heterocycles. The minimum atomic E-state index is -3.73. The van der Waals surface area contributed by atoms with Gasteiger partial charge in [0.1, 0.15) is 5.25 Å². The first kappa shape index (κ1) is 14.0. The second kappa shape index (κ2) is 4.92. The maximum atomic E-state index is 11.9. The molecule has 1 atom stereocenters. The molecule has 0 bridgehead atoms. The van der Waals surface area contributed by atoms with Crippen LogP contribution in [0.1, 0.15) is 12.0 Å². The summed E-state index contributed by atoms with van der Waals surface area (Å²) >= 11 is 3.27. The molecular weight excluding hydrogens is 334 g/mol. The Morgan fingerprint density at radius 2 is 2.16 bits per heavy atom. The average Bonchev–Trinajstić information content (AvgIpc) is 2.71. The normalized spacial score (nSPS) is 19.5. The molecule has 1 aliphatic heterocycles. The van der Waals surface area contributed by atoms with Crippen molar-refractivity contribution < 1.29 is 13.2 Å². The fourth-order valence-corrected chi connectivity index (χ4v) is 3.25. The number of halogens is 1. The molecule has 1 aliphatic rings. The van der Waals surface area contributed by atoms with Gasteiger partial charge >= 0.3 is 0 Å². The van der Waals surface area contributed by atoms with Crippen LogP contribution in [0.3, 0.4) is 0 Å². The molecular formula is C11H10BrN3O3S. The summed E-state index contributed by atoms with van der Waals surface area (Å²) in [6.45, 7) is 0.0299. The highest BCUT2D eigenvalue weighted by Gasteiger charge is 2.37. The molecule has 2 N–H and O–H groups in total. The Bertz CT molecular complexity index is 681. The van der Waals surface area contributed by atoms with E-state index >= 15 is 0 Å². The number of hydrogen-bond acceptors (Lipinski definition) is 4. The number of nitrogens with zero attached hydrogens (tertiary/aromatic N) is 2. The van der Waals surface area contributed by atoms with E-state index in [1.54, 1.807) is 18.2 Å². The summed E-state index contributed by atoms with van der Waals surface area (Å²) in [4.78, 5) is 13.2. The lowest BCUT2D eigenvalue weighted by Crippen LogP contribution is -2.32. The van der Waals surface area contributed by atoms with Crippen LogP contribution in [0.5, 0.6) is 0 Å². The van der Waals surface area contributed by atoms with E-state index in [1.165, 1.54) is 4.90 Å². The van der Waals surface area contributed by atoms with E-state index < -0.39 is 15.3 Å². The number of nitriles is 1. The number of nitrogens with two attached hydrogens (primary N) is 1. The highest BCUT2D eigenvalue weighted by atomic mass is 79.9. The van der Waals surface area contributed by atoms with Crippen molar-refractivity contribution in [1.29, 1.82) is 5.26 Å². The molecule has 0 radical (unpaired) electrons. The summed E-state index contributed by atoms with van der Waals surface area (Å²) < 4.78 is 23.1. The molecule has 0 aromatic heterocycles. The van der Waals surface area contributed by atoms with E-state index in [1.807, 2.05) is 6.07 Å². The van der Waals surface area contributed by atoms with Gasteiger partial charge in [0.25, 0.3) is 0 Å². The molecule has 6 nitrogen and oxygen atoms in total. The average molecular weight is 344 g/mol. The van der Waals surface area contributed by atoms with Crippen molar-refractivity contribution >= 4 is 37.5 Å². The van der Waals surface area contributed by atoms with E-state index in [0.717, 1.165) is 0 Å².